The first-order valence-electron chi connectivity index (χ1n) is 43.7. The fourth-order valence-corrected chi connectivity index (χ4v) is 25.0. The van der Waals surface area contributed by atoms with Crippen molar-refractivity contribution in [3.05, 3.63) is 104 Å². The molecular formula is C105H176Br5N5O2. The Morgan fingerprint density at radius 3 is 1.24 bits per heavy atom. The van der Waals surface area contributed by atoms with Gasteiger partial charge in [-0.2, -0.15) is 26.3 Å². The Bertz CT molecular complexity index is 3480. The van der Waals surface area contributed by atoms with Gasteiger partial charge < -0.3 is 10.2 Å². The highest BCUT2D eigenvalue weighted by Gasteiger charge is 2.61. The summed E-state index contributed by atoms with van der Waals surface area (Å²) in [4.78, 5) is 2.99. The molecule has 0 heterocycles. The number of hydrogen-bond donors (Lipinski definition) is 2. The third-order valence-electron chi connectivity index (χ3n) is 30.2. The maximum atomic E-state index is 11.1. The highest BCUT2D eigenvalue weighted by molar-refractivity contribution is 9.10. The van der Waals surface area contributed by atoms with Gasteiger partial charge in [-0.25, -0.2) is 0 Å². The number of nitriles is 5. The number of fused-ring (bicyclic) bond motifs is 4. The molecule has 2 N–H and O–H groups in total. The molecule has 668 valence electrons. The molecule has 0 aliphatic heterocycles. The van der Waals surface area contributed by atoms with Gasteiger partial charge in [0.1, 0.15) is 0 Å². The zero-order chi connectivity index (χ0) is 86.1. The molecule has 0 radical (unpaired) electrons. The first kappa shape index (κ1) is 116. The predicted octanol–water partition coefficient (Wildman–Crippen LogP) is 34.6. The molecule has 16 atom stereocenters. The zero-order valence-electron chi connectivity index (χ0n) is 76.3. The molecule has 117 heavy (non-hydrogen) atoms. The van der Waals surface area contributed by atoms with Crippen molar-refractivity contribution in [2.24, 2.45) is 84.2 Å². The number of nitrogens with zero attached hydrogens (tertiary/aromatic N) is 5. The molecule has 0 bridgehead atoms. The van der Waals surface area contributed by atoms with Crippen LogP contribution in [0.15, 0.2) is 104 Å². The summed E-state index contributed by atoms with van der Waals surface area (Å²) in [6.45, 7) is 59.6. The minimum atomic E-state index is -0.569. The predicted molar refractivity (Wildman–Crippen MR) is 530 cm³/mol. The maximum Gasteiger partial charge on any atom is 0.0666 e. The van der Waals surface area contributed by atoms with E-state index >= 15 is 0 Å². The van der Waals surface area contributed by atoms with Crippen LogP contribution >= 0.6 is 79.6 Å². The van der Waals surface area contributed by atoms with Crippen LogP contribution in [0.5, 0.6) is 0 Å². The maximum absolute atomic E-state index is 11.1. The van der Waals surface area contributed by atoms with Crippen molar-refractivity contribution in [3.8, 4) is 30.3 Å². The normalized spacial score (nSPS) is 31.5. The van der Waals surface area contributed by atoms with Gasteiger partial charge in [0.2, 0.25) is 0 Å². The topological polar surface area (TPSA) is 159 Å². The monoisotopic (exact) mass is 1930 g/mol. The summed E-state index contributed by atoms with van der Waals surface area (Å²) in [5.74, 6) is 3.53. The standard InChI is InChI=1S/C20H35BrO2.C17H28BrN.3C16H24BrN.C16H25N.4CH4/c1-14(10-13-22)6-7-16-19(4)11-9-17(21)18(2,3)15(19)8-12-20(16,5)23;1-14(10-7-13-19)8-6-9-15(2)11-12-16(18)17(3,4)5;3*1-11-5-6-13-15(2,3)14(17)7-9-16(13,4)12(11)8-10-18;1-14(2)8-5-9-15(3)10-6-11-16(4)12-7-13-17;;;;/h10,15-17,22-23H,6-9,11-13H2,1-5H3;9-10,16H,6-8,11-12H2,1-5H3;2*13-14H,5-9H2,1-4H3;5,12-14H,6-9H2,1-4H3;8,10,12H,5-7,9,11H2,1-4H3;4*1H4/b14-10+;14-10+,15-9+;;;;15-10+,16-12+;;;;/t15-,16+,17-,19-,20-;;2*13-,14-,16+;12-,13-,14+,16+;;;;;/m0.000...../s1. The fourth-order valence-electron chi connectivity index (χ4n) is 22.6. The largest absolute Gasteiger partial charge is 0.392 e. The van der Waals surface area contributed by atoms with E-state index in [1.165, 1.54) is 151 Å². The molecule has 0 aromatic carbocycles. The van der Waals surface area contributed by atoms with Gasteiger partial charge in [-0.1, -0.05) is 317 Å². The van der Waals surface area contributed by atoms with Crippen LogP contribution in [0.2, 0.25) is 0 Å². The van der Waals surface area contributed by atoms with Crippen molar-refractivity contribution in [2.75, 3.05) is 6.61 Å². The summed E-state index contributed by atoms with van der Waals surface area (Å²) in [5.41, 5.74) is 17.6. The Labute approximate surface area is 766 Å². The summed E-state index contributed by atoms with van der Waals surface area (Å²) >= 11 is 19.4. The van der Waals surface area contributed by atoms with E-state index in [1.807, 2.05) is 18.2 Å². The third-order valence-corrected chi connectivity index (χ3v) is 38.6. The number of rotatable bonds is 21. The molecule has 8 aliphatic rings. The summed E-state index contributed by atoms with van der Waals surface area (Å²) in [5, 5.41) is 64.6. The van der Waals surface area contributed by atoms with E-state index in [9.17, 15) is 5.11 Å². The van der Waals surface area contributed by atoms with Gasteiger partial charge in [-0.05, 0) is 321 Å². The molecule has 1 unspecified atom stereocenters. The van der Waals surface area contributed by atoms with Crippen LogP contribution in [-0.4, -0.2) is 46.6 Å². The fraction of sp³-hybridized carbons (Fsp3) is 0.781. The quantitative estimate of drug-likeness (QED) is 0.0855. The van der Waals surface area contributed by atoms with Gasteiger partial charge in [0, 0.05) is 30.6 Å². The van der Waals surface area contributed by atoms with E-state index in [2.05, 4.69) is 314 Å². The van der Waals surface area contributed by atoms with E-state index in [1.54, 1.807) is 0 Å². The van der Waals surface area contributed by atoms with Gasteiger partial charge in [-0.15, -0.1) is 0 Å². The number of hydrogen-bond acceptors (Lipinski definition) is 7. The highest BCUT2D eigenvalue weighted by Crippen LogP contribution is 2.67. The van der Waals surface area contributed by atoms with E-state index in [0.717, 1.165) is 70.6 Å². The van der Waals surface area contributed by atoms with Crippen molar-refractivity contribution in [3.63, 3.8) is 0 Å². The minimum absolute atomic E-state index is 0. The van der Waals surface area contributed by atoms with E-state index < -0.39 is 5.60 Å². The molecule has 0 aromatic heterocycles. The van der Waals surface area contributed by atoms with E-state index in [-0.39, 0.29) is 58.0 Å². The number of halogens is 5. The van der Waals surface area contributed by atoms with Crippen LogP contribution in [0.3, 0.4) is 0 Å². The second-order valence-corrected chi connectivity index (χ2v) is 46.7. The molecular weight excluding hydrogens is 1760 g/mol. The lowest BCUT2D eigenvalue weighted by Crippen LogP contribution is -2.59. The van der Waals surface area contributed by atoms with E-state index in [0.29, 0.717) is 119 Å². The van der Waals surface area contributed by atoms with Gasteiger partial charge in [-0.3, -0.25) is 0 Å². The van der Waals surface area contributed by atoms with Crippen molar-refractivity contribution in [1.82, 2.24) is 0 Å². The average molecular weight is 1940 g/mol. The third kappa shape index (κ3) is 31.8. The minimum Gasteiger partial charge on any atom is -0.392 e. The lowest BCUT2D eigenvalue weighted by atomic mass is 9.45. The van der Waals surface area contributed by atoms with Crippen LogP contribution in [0.1, 0.15) is 402 Å². The van der Waals surface area contributed by atoms with Crippen molar-refractivity contribution < 1.29 is 10.2 Å². The second-order valence-electron chi connectivity index (χ2n) is 41.1. The molecule has 7 nitrogen and oxygen atoms in total. The first-order chi connectivity index (χ1) is 52.4. The Hall–Kier alpha value is -2.57. The average Bonchev–Trinajstić information content (AvgIpc) is 0.726. The van der Waals surface area contributed by atoms with Crippen LogP contribution < -0.4 is 0 Å². The van der Waals surface area contributed by atoms with Gasteiger partial charge in [0.25, 0.3) is 0 Å². The molecule has 8 aliphatic carbocycles. The Morgan fingerprint density at radius 1 is 0.470 bits per heavy atom. The molecule has 8 rings (SSSR count). The lowest BCUT2D eigenvalue weighted by molar-refractivity contribution is -0.166. The molecule has 12 heteroatoms. The van der Waals surface area contributed by atoms with Gasteiger partial charge >= 0.3 is 0 Å². The molecule has 0 saturated heterocycles. The number of aliphatic hydroxyl groups is 2. The SMILES string of the molecule is C.C.C.C.C/C(=C\CC#N)CC/C=C(\C)CCC(Br)C(C)(C)C.C/C(=C\CO)CC[C@@H]1[C@@]2(C)CC[C@H](Br)C(C)(C)[C@@H]2CC[C@]1(C)O.CC(C)=CCC/C(C)=C/CC/C(C)=C/CC#N.CC1=C(CC#N)[C@@]2(C)CC[C@H](Br)C(C)(C)[C@@H]2CC1.CC1=C(CC#N)[C@@]2(C)CC[C@H](Br)C(C)(C)[C@@H]2CC1.CC1=CC[C@H]2C(C)(C)[C@H](Br)CC[C@]2(C)[C@H]1CC#N. The molecule has 0 spiro atoms. The molecule has 5 fully saturated rings. The summed E-state index contributed by atoms with van der Waals surface area (Å²) in [6, 6.07) is 11.5. The Morgan fingerprint density at radius 2 is 0.846 bits per heavy atom. The van der Waals surface area contributed by atoms with Crippen molar-refractivity contribution >= 4 is 79.6 Å². The Balaban J connectivity index is 0. The summed E-state index contributed by atoms with van der Waals surface area (Å²) in [7, 11) is 0. The molecule has 5 saturated carbocycles. The summed E-state index contributed by atoms with van der Waals surface area (Å²) in [6.07, 6.45) is 47.2. The van der Waals surface area contributed by atoms with Crippen molar-refractivity contribution in [1.29, 1.82) is 26.3 Å². The van der Waals surface area contributed by atoms with Gasteiger partial charge in [0.15, 0.2) is 0 Å². The van der Waals surface area contributed by atoms with Crippen LogP contribution in [-0.2, 0) is 0 Å². The second kappa shape index (κ2) is 51.8. The van der Waals surface area contributed by atoms with Crippen LogP contribution in [0.4, 0.5) is 0 Å². The number of aliphatic hydroxyl groups excluding tert-OH is 1. The van der Waals surface area contributed by atoms with Crippen LogP contribution in [0, 0.1) is 141 Å². The Kier molecular flexibility index (Phi) is 51.5. The summed E-state index contributed by atoms with van der Waals surface area (Å²) < 4.78 is 0. The zero-order valence-corrected chi connectivity index (χ0v) is 84.3. The van der Waals surface area contributed by atoms with Crippen LogP contribution in [0.25, 0.3) is 0 Å². The smallest absolute Gasteiger partial charge is 0.0666 e. The van der Waals surface area contributed by atoms with E-state index in [4.69, 9.17) is 31.4 Å². The molecule has 0 amide bonds. The van der Waals surface area contributed by atoms with Gasteiger partial charge in [0.05, 0.1) is 68.2 Å². The molecule has 0 aromatic rings. The highest BCUT2D eigenvalue weighted by atomic mass is 79.9. The first-order valence-corrected chi connectivity index (χ1v) is 48.3. The lowest BCUT2D eigenvalue weighted by Gasteiger charge is -2.62. The van der Waals surface area contributed by atoms with Crippen molar-refractivity contribution in [2.45, 2.75) is 432 Å². The number of alkyl halides is 5. The number of allylic oxidation sites excluding steroid dienone is 17.